The molecule has 3 rings (SSSR count). The van der Waals surface area contributed by atoms with Gasteiger partial charge >= 0.3 is 0 Å². The zero-order valence-electron chi connectivity index (χ0n) is 7.96. The Morgan fingerprint density at radius 2 is 2.21 bits per heavy atom. The van der Waals surface area contributed by atoms with E-state index in [1.807, 2.05) is 12.1 Å². The van der Waals surface area contributed by atoms with Crippen LogP contribution in [0.4, 0.5) is 5.69 Å². The van der Waals surface area contributed by atoms with Crippen molar-refractivity contribution >= 4 is 17.3 Å². The van der Waals surface area contributed by atoms with Crippen molar-refractivity contribution in [1.82, 2.24) is 5.32 Å². The standard InChI is InChI=1S/C11H13ClN2/c12-10-2-1-3-11-9(10)4-5-14(11)8-6-13-7-8/h1-3,8,13H,4-7H2. The van der Waals surface area contributed by atoms with Gasteiger partial charge in [-0.3, -0.25) is 0 Å². The van der Waals surface area contributed by atoms with E-state index in [1.165, 1.54) is 11.3 Å². The fourth-order valence-corrected chi connectivity index (χ4v) is 2.55. The molecule has 1 N–H and O–H groups in total. The van der Waals surface area contributed by atoms with Crippen LogP contribution in [-0.2, 0) is 6.42 Å². The fraction of sp³-hybridized carbons (Fsp3) is 0.455. The number of rotatable bonds is 1. The third kappa shape index (κ3) is 1.14. The highest BCUT2D eigenvalue weighted by Crippen LogP contribution is 2.34. The minimum absolute atomic E-state index is 0.690. The lowest BCUT2D eigenvalue weighted by molar-refractivity contribution is 0.420. The van der Waals surface area contributed by atoms with Crippen LogP contribution in [0.3, 0.4) is 0 Å². The van der Waals surface area contributed by atoms with Crippen LogP contribution < -0.4 is 10.2 Å². The van der Waals surface area contributed by atoms with Crippen molar-refractivity contribution in [2.75, 3.05) is 24.5 Å². The highest BCUT2D eigenvalue weighted by molar-refractivity contribution is 6.31. The van der Waals surface area contributed by atoms with Crippen LogP contribution in [-0.4, -0.2) is 25.7 Å². The number of nitrogens with one attached hydrogen (secondary N) is 1. The van der Waals surface area contributed by atoms with Gasteiger partial charge in [-0.1, -0.05) is 17.7 Å². The average Bonchev–Trinajstić information content (AvgIpc) is 2.48. The number of fused-ring (bicyclic) bond motifs is 1. The van der Waals surface area contributed by atoms with Gasteiger partial charge in [0.05, 0.1) is 6.04 Å². The smallest absolute Gasteiger partial charge is 0.0539 e. The van der Waals surface area contributed by atoms with Gasteiger partial charge in [0.2, 0.25) is 0 Å². The molecule has 0 spiro atoms. The predicted octanol–water partition coefficient (Wildman–Crippen LogP) is 1.67. The molecule has 0 radical (unpaired) electrons. The second-order valence-corrected chi connectivity index (χ2v) is 4.40. The maximum absolute atomic E-state index is 6.16. The van der Waals surface area contributed by atoms with Gasteiger partial charge in [-0.25, -0.2) is 0 Å². The van der Waals surface area contributed by atoms with Crippen molar-refractivity contribution in [1.29, 1.82) is 0 Å². The Balaban J connectivity index is 1.97. The van der Waals surface area contributed by atoms with Gasteiger partial charge < -0.3 is 10.2 Å². The number of nitrogens with zero attached hydrogens (tertiary/aromatic N) is 1. The lowest BCUT2D eigenvalue weighted by atomic mass is 10.1. The lowest BCUT2D eigenvalue weighted by Gasteiger charge is -2.37. The first-order chi connectivity index (χ1) is 6.86. The van der Waals surface area contributed by atoms with E-state index < -0.39 is 0 Å². The van der Waals surface area contributed by atoms with Gasteiger partial charge in [0, 0.05) is 30.3 Å². The van der Waals surface area contributed by atoms with Crippen LogP contribution >= 0.6 is 11.6 Å². The Morgan fingerprint density at radius 3 is 2.93 bits per heavy atom. The van der Waals surface area contributed by atoms with E-state index in [2.05, 4.69) is 16.3 Å². The molecule has 14 heavy (non-hydrogen) atoms. The maximum atomic E-state index is 6.16. The highest BCUT2D eigenvalue weighted by Gasteiger charge is 2.30. The molecule has 1 fully saturated rings. The van der Waals surface area contributed by atoms with E-state index >= 15 is 0 Å². The normalized spacial score (nSPS) is 20.8. The first-order valence-corrected chi connectivity index (χ1v) is 5.49. The number of hydrogen-bond donors (Lipinski definition) is 1. The summed E-state index contributed by atoms with van der Waals surface area (Å²) in [4.78, 5) is 2.48. The minimum atomic E-state index is 0.690. The van der Waals surface area contributed by atoms with Crippen LogP contribution in [0, 0.1) is 0 Å². The Labute approximate surface area is 88.9 Å². The fourth-order valence-electron chi connectivity index (χ4n) is 2.29. The third-order valence-corrected chi connectivity index (χ3v) is 3.56. The number of halogens is 1. The van der Waals surface area contributed by atoms with E-state index in [-0.39, 0.29) is 0 Å². The van der Waals surface area contributed by atoms with Gasteiger partial charge in [0.15, 0.2) is 0 Å². The van der Waals surface area contributed by atoms with Crippen LogP contribution in [0.5, 0.6) is 0 Å². The molecule has 2 nitrogen and oxygen atoms in total. The van der Waals surface area contributed by atoms with Crippen LogP contribution in [0.15, 0.2) is 18.2 Å². The molecule has 0 unspecified atom stereocenters. The molecule has 0 aliphatic carbocycles. The highest BCUT2D eigenvalue weighted by atomic mass is 35.5. The quantitative estimate of drug-likeness (QED) is 0.756. The van der Waals surface area contributed by atoms with Crippen molar-refractivity contribution in [2.45, 2.75) is 12.5 Å². The summed E-state index contributed by atoms with van der Waals surface area (Å²) in [6.45, 7) is 3.36. The summed E-state index contributed by atoms with van der Waals surface area (Å²) >= 11 is 6.16. The van der Waals surface area contributed by atoms with E-state index in [1.54, 1.807) is 0 Å². The first kappa shape index (κ1) is 8.57. The minimum Gasteiger partial charge on any atom is -0.365 e. The molecule has 1 aromatic carbocycles. The largest absolute Gasteiger partial charge is 0.365 e. The summed E-state index contributed by atoms with van der Waals surface area (Å²) in [6.07, 6.45) is 1.10. The van der Waals surface area contributed by atoms with E-state index in [0.717, 1.165) is 31.1 Å². The molecule has 0 bridgehead atoms. The Kier molecular flexibility index (Phi) is 1.92. The van der Waals surface area contributed by atoms with Crippen LogP contribution in [0.1, 0.15) is 5.56 Å². The van der Waals surface area contributed by atoms with Gasteiger partial charge in [-0.15, -0.1) is 0 Å². The molecule has 0 saturated carbocycles. The molecule has 0 atom stereocenters. The summed E-state index contributed by atoms with van der Waals surface area (Å²) in [5.74, 6) is 0. The number of hydrogen-bond acceptors (Lipinski definition) is 2. The van der Waals surface area contributed by atoms with Gasteiger partial charge in [0.25, 0.3) is 0 Å². The Bertz CT molecular complexity index is 360. The molecule has 1 saturated heterocycles. The van der Waals surface area contributed by atoms with Crippen molar-refractivity contribution in [3.05, 3.63) is 28.8 Å². The van der Waals surface area contributed by atoms with Gasteiger partial charge in [-0.2, -0.15) is 0 Å². The summed E-state index contributed by atoms with van der Waals surface area (Å²) < 4.78 is 0. The molecule has 2 aliphatic rings. The number of anilines is 1. The molecule has 2 heterocycles. The lowest BCUT2D eigenvalue weighted by Crippen LogP contribution is -2.56. The Hall–Kier alpha value is -0.730. The molecule has 3 heteroatoms. The summed E-state index contributed by atoms with van der Waals surface area (Å²) in [6, 6.07) is 6.91. The third-order valence-electron chi connectivity index (χ3n) is 3.21. The molecule has 0 aromatic heterocycles. The molecular formula is C11H13ClN2. The molecule has 0 amide bonds. The van der Waals surface area contributed by atoms with Crippen LogP contribution in [0.25, 0.3) is 0 Å². The van der Waals surface area contributed by atoms with Gasteiger partial charge in [0.1, 0.15) is 0 Å². The molecular weight excluding hydrogens is 196 g/mol. The molecule has 1 aromatic rings. The summed E-state index contributed by atoms with van der Waals surface area (Å²) in [5, 5.41) is 4.24. The summed E-state index contributed by atoms with van der Waals surface area (Å²) in [7, 11) is 0. The average molecular weight is 209 g/mol. The second-order valence-electron chi connectivity index (χ2n) is 3.99. The van der Waals surface area contributed by atoms with Gasteiger partial charge in [-0.05, 0) is 24.1 Å². The molecule has 74 valence electrons. The Morgan fingerprint density at radius 1 is 1.36 bits per heavy atom. The van der Waals surface area contributed by atoms with Crippen molar-refractivity contribution in [3.8, 4) is 0 Å². The summed E-state index contributed by atoms with van der Waals surface area (Å²) in [5.41, 5.74) is 2.69. The topological polar surface area (TPSA) is 15.3 Å². The maximum Gasteiger partial charge on any atom is 0.0539 e. The van der Waals surface area contributed by atoms with Crippen LogP contribution in [0.2, 0.25) is 5.02 Å². The van der Waals surface area contributed by atoms with Crippen molar-refractivity contribution in [2.24, 2.45) is 0 Å². The zero-order chi connectivity index (χ0) is 9.54. The second kappa shape index (κ2) is 3.14. The van der Waals surface area contributed by atoms with E-state index in [0.29, 0.717) is 6.04 Å². The predicted molar refractivity (Wildman–Crippen MR) is 59.2 cm³/mol. The number of benzene rings is 1. The van der Waals surface area contributed by atoms with Crippen molar-refractivity contribution in [3.63, 3.8) is 0 Å². The zero-order valence-corrected chi connectivity index (χ0v) is 8.72. The van der Waals surface area contributed by atoms with E-state index in [4.69, 9.17) is 11.6 Å². The molecule has 2 aliphatic heterocycles. The monoisotopic (exact) mass is 208 g/mol. The first-order valence-electron chi connectivity index (χ1n) is 5.11. The SMILES string of the molecule is Clc1cccc2c1CCN2C1CNC1. The van der Waals surface area contributed by atoms with E-state index in [9.17, 15) is 0 Å². The van der Waals surface area contributed by atoms with Crippen molar-refractivity contribution < 1.29 is 0 Å².